The van der Waals surface area contributed by atoms with Crippen molar-refractivity contribution in [2.75, 3.05) is 62.5 Å². The summed E-state index contributed by atoms with van der Waals surface area (Å²) in [5.41, 5.74) is 7.71. The van der Waals surface area contributed by atoms with Gasteiger partial charge >= 0.3 is 0 Å². The number of anilines is 4. The molecule has 2 saturated heterocycles. The van der Waals surface area contributed by atoms with Gasteiger partial charge in [-0.1, -0.05) is 6.92 Å². The second-order valence-electron chi connectivity index (χ2n) is 8.76. The molecular formula is C24H33N7O4. The lowest BCUT2D eigenvalue weighted by molar-refractivity contribution is -0.120. The topological polar surface area (TPSA) is 135 Å². The number of likely N-dealkylation sites (N-methyl/N-ethyl adjacent to an activating group) is 1. The Morgan fingerprint density at radius 1 is 1.23 bits per heavy atom. The number of hydrogen-bond donors (Lipinski definition) is 3. The first kappa shape index (κ1) is 24.7. The van der Waals surface area contributed by atoms with Gasteiger partial charge in [0.15, 0.2) is 17.3 Å². The van der Waals surface area contributed by atoms with Crippen molar-refractivity contribution in [2.24, 2.45) is 5.73 Å². The second-order valence-corrected chi connectivity index (χ2v) is 8.76. The number of benzene rings is 1. The van der Waals surface area contributed by atoms with E-state index in [1.54, 1.807) is 18.1 Å². The predicted molar refractivity (Wildman–Crippen MR) is 134 cm³/mol. The number of amides is 2. The molecule has 3 heterocycles. The third-order valence-electron chi connectivity index (χ3n) is 6.24. The van der Waals surface area contributed by atoms with Crippen LogP contribution < -0.4 is 26.0 Å². The van der Waals surface area contributed by atoms with E-state index < -0.39 is 5.91 Å². The molecule has 0 aliphatic carbocycles. The quantitative estimate of drug-likeness (QED) is 0.513. The molecule has 0 bridgehead atoms. The molecule has 1 aromatic carbocycles. The van der Waals surface area contributed by atoms with Gasteiger partial charge in [0, 0.05) is 44.1 Å². The van der Waals surface area contributed by atoms with Crippen molar-refractivity contribution >= 4 is 34.8 Å². The van der Waals surface area contributed by atoms with E-state index in [0.29, 0.717) is 61.4 Å². The summed E-state index contributed by atoms with van der Waals surface area (Å²) in [5.74, 6) is 0.762. The van der Waals surface area contributed by atoms with Gasteiger partial charge < -0.3 is 30.7 Å². The second kappa shape index (κ2) is 10.9. The van der Waals surface area contributed by atoms with E-state index in [-0.39, 0.29) is 23.5 Å². The average Bonchev–Trinajstić information content (AvgIpc) is 2.85. The van der Waals surface area contributed by atoms with Gasteiger partial charge in [-0.3, -0.25) is 14.5 Å². The van der Waals surface area contributed by atoms with Crippen molar-refractivity contribution in [1.29, 1.82) is 0 Å². The Kier molecular flexibility index (Phi) is 7.67. The first-order valence-electron chi connectivity index (χ1n) is 11.9. The SMILES string of the molecule is CCc1nc(C(N)=O)c(Nc2ccc(N3CCN(C)CC3=O)c(OC)c2)nc1NC1CCOCC1. The maximum Gasteiger partial charge on any atom is 0.271 e. The number of nitrogens with one attached hydrogen (secondary N) is 2. The summed E-state index contributed by atoms with van der Waals surface area (Å²) in [4.78, 5) is 37.7. The van der Waals surface area contributed by atoms with Crippen molar-refractivity contribution in [2.45, 2.75) is 32.2 Å². The van der Waals surface area contributed by atoms with E-state index in [9.17, 15) is 9.59 Å². The van der Waals surface area contributed by atoms with E-state index >= 15 is 0 Å². The highest BCUT2D eigenvalue weighted by Crippen LogP contribution is 2.34. The van der Waals surface area contributed by atoms with Crippen LogP contribution >= 0.6 is 0 Å². The van der Waals surface area contributed by atoms with Crippen LogP contribution in [0, 0.1) is 0 Å². The molecule has 188 valence electrons. The summed E-state index contributed by atoms with van der Waals surface area (Å²) in [5, 5.41) is 6.63. The van der Waals surface area contributed by atoms with E-state index in [0.717, 1.165) is 19.4 Å². The third-order valence-corrected chi connectivity index (χ3v) is 6.24. The molecule has 2 aliphatic rings. The van der Waals surface area contributed by atoms with Crippen LogP contribution in [0.3, 0.4) is 0 Å². The van der Waals surface area contributed by atoms with Gasteiger partial charge in [0.05, 0.1) is 25.0 Å². The predicted octanol–water partition coefficient (Wildman–Crippen LogP) is 1.76. The Labute approximate surface area is 205 Å². The molecular weight excluding hydrogens is 450 g/mol. The molecule has 0 radical (unpaired) electrons. The Morgan fingerprint density at radius 3 is 2.66 bits per heavy atom. The number of aromatic nitrogens is 2. The van der Waals surface area contributed by atoms with Gasteiger partial charge in [0.2, 0.25) is 5.91 Å². The maximum atomic E-state index is 12.6. The number of hydrogen-bond acceptors (Lipinski definition) is 9. The molecule has 2 amide bonds. The van der Waals surface area contributed by atoms with Crippen LogP contribution in [0.25, 0.3) is 0 Å². The van der Waals surface area contributed by atoms with Gasteiger partial charge in [0.1, 0.15) is 5.75 Å². The first-order chi connectivity index (χ1) is 16.9. The largest absolute Gasteiger partial charge is 0.494 e. The fraction of sp³-hybridized carbons (Fsp3) is 0.500. The number of methoxy groups -OCH3 is 1. The maximum absolute atomic E-state index is 12.6. The molecule has 11 heteroatoms. The van der Waals surface area contributed by atoms with Gasteiger partial charge in [-0.25, -0.2) is 9.97 Å². The van der Waals surface area contributed by atoms with Crippen LogP contribution in [0.5, 0.6) is 5.75 Å². The number of carbonyl (C=O) groups excluding carboxylic acids is 2. The molecule has 0 saturated carbocycles. The van der Waals surface area contributed by atoms with Crippen molar-refractivity contribution < 1.29 is 19.1 Å². The standard InChI is InChI=1S/C24H33N7O4/c1-4-17-23(26-15-7-11-35-12-8-15)29-24(21(28-17)22(25)33)27-16-5-6-18(19(13-16)34-3)31-10-9-30(2)14-20(31)32/h5-6,13,15H,4,7-12,14H2,1-3H3,(H2,25,33)(H2,26,27,29). The van der Waals surface area contributed by atoms with Crippen LogP contribution in [0.1, 0.15) is 35.9 Å². The van der Waals surface area contributed by atoms with Crippen molar-refractivity contribution in [3.63, 3.8) is 0 Å². The van der Waals surface area contributed by atoms with Gasteiger partial charge in [-0.15, -0.1) is 0 Å². The summed E-state index contributed by atoms with van der Waals surface area (Å²) in [6.45, 7) is 5.06. The molecule has 0 spiro atoms. The first-order valence-corrected chi connectivity index (χ1v) is 11.9. The summed E-state index contributed by atoms with van der Waals surface area (Å²) in [7, 11) is 3.48. The van der Waals surface area contributed by atoms with Crippen LogP contribution in [0.4, 0.5) is 23.0 Å². The Hall–Kier alpha value is -3.44. The lowest BCUT2D eigenvalue weighted by Crippen LogP contribution is -2.49. The van der Waals surface area contributed by atoms with E-state index in [1.165, 1.54) is 0 Å². The molecule has 11 nitrogen and oxygen atoms in total. The normalized spacial score (nSPS) is 17.3. The number of piperazine rings is 1. The zero-order chi connectivity index (χ0) is 24.9. The van der Waals surface area contributed by atoms with Crippen molar-refractivity contribution in [1.82, 2.24) is 14.9 Å². The molecule has 2 aliphatic heterocycles. The average molecular weight is 484 g/mol. The Balaban J connectivity index is 1.63. The molecule has 35 heavy (non-hydrogen) atoms. The van der Waals surface area contributed by atoms with Crippen LogP contribution in [0.15, 0.2) is 18.2 Å². The zero-order valence-electron chi connectivity index (χ0n) is 20.5. The smallest absolute Gasteiger partial charge is 0.271 e. The number of carbonyl (C=O) groups is 2. The highest BCUT2D eigenvalue weighted by Gasteiger charge is 2.26. The monoisotopic (exact) mass is 483 g/mol. The number of nitrogens with two attached hydrogens (primary N) is 1. The van der Waals surface area contributed by atoms with Crippen LogP contribution in [-0.4, -0.2) is 79.7 Å². The Morgan fingerprint density at radius 2 is 2.00 bits per heavy atom. The molecule has 4 rings (SSSR count). The third kappa shape index (κ3) is 5.63. The lowest BCUT2D eigenvalue weighted by atomic mass is 10.1. The number of nitrogens with zero attached hydrogens (tertiary/aromatic N) is 4. The fourth-order valence-corrected chi connectivity index (χ4v) is 4.29. The molecule has 4 N–H and O–H groups in total. The molecule has 1 aromatic heterocycles. The van der Waals surface area contributed by atoms with Gasteiger partial charge in [-0.2, -0.15) is 0 Å². The summed E-state index contributed by atoms with van der Waals surface area (Å²) in [6, 6.07) is 5.63. The lowest BCUT2D eigenvalue weighted by Gasteiger charge is -2.33. The summed E-state index contributed by atoms with van der Waals surface area (Å²) < 4.78 is 11.0. The Bertz CT molecular complexity index is 1090. The highest BCUT2D eigenvalue weighted by molar-refractivity contribution is 5.98. The van der Waals surface area contributed by atoms with Crippen molar-refractivity contribution in [3.05, 3.63) is 29.6 Å². The molecule has 0 atom stereocenters. The number of aryl methyl sites for hydroxylation is 1. The number of primary amides is 1. The molecule has 2 aromatic rings. The van der Waals surface area contributed by atoms with Crippen LogP contribution in [0.2, 0.25) is 0 Å². The van der Waals surface area contributed by atoms with E-state index in [2.05, 4.69) is 15.6 Å². The molecule has 0 unspecified atom stereocenters. The van der Waals surface area contributed by atoms with E-state index in [4.69, 9.17) is 20.2 Å². The van der Waals surface area contributed by atoms with Crippen LogP contribution in [-0.2, 0) is 16.0 Å². The minimum absolute atomic E-state index is 0.0126. The summed E-state index contributed by atoms with van der Waals surface area (Å²) in [6.07, 6.45) is 2.34. The van der Waals surface area contributed by atoms with E-state index in [1.807, 2.05) is 31.0 Å². The van der Waals surface area contributed by atoms with Crippen molar-refractivity contribution in [3.8, 4) is 5.75 Å². The molecule has 2 fully saturated rings. The summed E-state index contributed by atoms with van der Waals surface area (Å²) >= 11 is 0. The minimum atomic E-state index is -0.668. The minimum Gasteiger partial charge on any atom is -0.494 e. The fourth-order valence-electron chi connectivity index (χ4n) is 4.29. The number of rotatable bonds is 8. The number of ether oxygens (including phenoxy) is 2. The zero-order valence-corrected chi connectivity index (χ0v) is 20.5. The highest BCUT2D eigenvalue weighted by atomic mass is 16.5. The van der Waals surface area contributed by atoms with Gasteiger partial charge in [0.25, 0.3) is 5.91 Å². The van der Waals surface area contributed by atoms with Gasteiger partial charge in [-0.05, 0) is 38.4 Å².